The van der Waals surface area contributed by atoms with Crippen LogP contribution in [0.3, 0.4) is 0 Å². The molecule has 0 aliphatic rings. The second kappa shape index (κ2) is 26.8. The maximum atomic E-state index is 13.4. The summed E-state index contributed by atoms with van der Waals surface area (Å²) in [5.74, 6) is 13.8. The van der Waals surface area contributed by atoms with Crippen LogP contribution in [0.2, 0.25) is 0 Å². The van der Waals surface area contributed by atoms with Crippen LogP contribution in [0.5, 0.6) is 17.2 Å². The van der Waals surface area contributed by atoms with Crippen LogP contribution >= 0.6 is 0 Å². The Morgan fingerprint density at radius 3 is 1.56 bits per heavy atom. The van der Waals surface area contributed by atoms with Crippen molar-refractivity contribution in [1.82, 2.24) is 0 Å². The highest BCUT2D eigenvalue weighted by molar-refractivity contribution is 5.93. The highest BCUT2D eigenvalue weighted by atomic mass is 16.6. The van der Waals surface area contributed by atoms with E-state index in [0.29, 0.717) is 17.9 Å². The average molecular weight is 847 g/mol. The maximum Gasteiger partial charge on any atom is 0.342 e. The smallest absolute Gasteiger partial charge is 0.342 e. The molecule has 63 heavy (non-hydrogen) atoms. The molecule has 5 aromatic carbocycles. The molecule has 0 N–H and O–H groups in total. The van der Waals surface area contributed by atoms with Crippen LogP contribution < -0.4 is 14.2 Å². The molecule has 0 saturated carbocycles. The highest BCUT2D eigenvalue weighted by Crippen LogP contribution is 2.25. The van der Waals surface area contributed by atoms with Crippen LogP contribution in [0.25, 0.3) is 10.8 Å². The molecule has 5 rings (SSSR count). The summed E-state index contributed by atoms with van der Waals surface area (Å²) in [6.07, 6.45) is 14.8. The molecule has 5 aromatic rings. The van der Waals surface area contributed by atoms with Crippen molar-refractivity contribution < 1.29 is 33.3 Å². The number of esters is 2. The van der Waals surface area contributed by atoms with E-state index in [1.807, 2.05) is 72.8 Å². The Labute approximate surface area is 375 Å². The van der Waals surface area contributed by atoms with Gasteiger partial charge < -0.3 is 23.7 Å². The quantitative estimate of drug-likeness (QED) is 0.0265. The lowest BCUT2D eigenvalue weighted by Crippen LogP contribution is -2.15. The van der Waals surface area contributed by atoms with Crippen molar-refractivity contribution in [3.05, 3.63) is 149 Å². The van der Waals surface area contributed by atoms with Gasteiger partial charge in [-0.2, -0.15) is 0 Å². The molecule has 0 atom stereocenters. The lowest BCUT2D eigenvalue weighted by Gasteiger charge is -2.13. The lowest BCUT2D eigenvalue weighted by atomic mass is 10.0. The average Bonchev–Trinajstić information content (AvgIpc) is 3.30. The minimum Gasteiger partial charge on any atom is -0.494 e. The van der Waals surface area contributed by atoms with E-state index in [0.717, 1.165) is 64.0 Å². The summed E-state index contributed by atoms with van der Waals surface area (Å²) in [4.78, 5) is 25.2. The maximum absolute atomic E-state index is 13.4. The minimum absolute atomic E-state index is 0.0992. The third kappa shape index (κ3) is 17.1. The first-order chi connectivity index (χ1) is 30.8. The van der Waals surface area contributed by atoms with Gasteiger partial charge in [0.05, 0.1) is 13.2 Å². The van der Waals surface area contributed by atoms with Gasteiger partial charge in [0.25, 0.3) is 0 Å². The van der Waals surface area contributed by atoms with Gasteiger partial charge in [-0.3, -0.25) is 0 Å². The first kappa shape index (κ1) is 47.6. The summed E-state index contributed by atoms with van der Waals surface area (Å²) in [7, 11) is 0. The zero-order valence-electron chi connectivity index (χ0n) is 37.4. The zero-order valence-corrected chi connectivity index (χ0v) is 37.4. The molecule has 0 heterocycles. The van der Waals surface area contributed by atoms with Crippen LogP contribution in [-0.2, 0) is 20.9 Å². The molecule has 0 aromatic heterocycles. The van der Waals surface area contributed by atoms with E-state index >= 15 is 0 Å². The predicted molar refractivity (Wildman–Crippen MR) is 253 cm³/mol. The summed E-state index contributed by atoms with van der Waals surface area (Å²) in [6, 6.07) is 33.1. The number of hydrogen-bond donors (Lipinski definition) is 0. The molecule has 0 fully saturated rings. The molecule has 0 saturated heterocycles. The second-order valence-corrected chi connectivity index (χ2v) is 15.7. The number of rotatable bonds is 24. The number of unbranched alkanes of at least 4 members (excludes halogenated alkanes) is 10. The minimum atomic E-state index is -0.619. The van der Waals surface area contributed by atoms with Crippen LogP contribution in [0.15, 0.2) is 115 Å². The second-order valence-electron chi connectivity index (χ2n) is 15.7. The molecular weight excluding hydrogens is 785 g/mol. The van der Waals surface area contributed by atoms with Crippen molar-refractivity contribution in [2.24, 2.45) is 0 Å². The first-order valence-electron chi connectivity index (χ1n) is 22.6. The van der Waals surface area contributed by atoms with Gasteiger partial charge in [-0.15, -0.1) is 0 Å². The van der Waals surface area contributed by atoms with E-state index in [1.165, 1.54) is 64.2 Å². The Bertz CT molecular complexity index is 2350. The molecule has 0 amide bonds. The van der Waals surface area contributed by atoms with Gasteiger partial charge in [-0.05, 0) is 121 Å². The van der Waals surface area contributed by atoms with Gasteiger partial charge in [0, 0.05) is 27.8 Å². The predicted octanol–water partition coefficient (Wildman–Crippen LogP) is 13.0. The van der Waals surface area contributed by atoms with Crippen molar-refractivity contribution in [3.63, 3.8) is 0 Å². The molecule has 0 aliphatic heterocycles. The molecular formula is C56H62O7. The fourth-order valence-corrected chi connectivity index (χ4v) is 6.69. The van der Waals surface area contributed by atoms with Gasteiger partial charge in [0.15, 0.2) is 0 Å². The summed E-state index contributed by atoms with van der Waals surface area (Å²) in [5, 5.41) is 2.10. The summed E-state index contributed by atoms with van der Waals surface area (Å²) in [6.45, 7) is 11.0. The fraction of sp³-hybridized carbons (Fsp3) is 0.357. The molecule has 7 heteroatoms. The molecule has 328 valence electrons. The summed E-state index contributed by atoms with van der Waals surface area (Å²) < 4.78 is 28.7. The van der Waals surface area contributed by atoms with Gasteiger partial charge in [0.2, 0.25) is 0 Å². The van der Waals surface area contributed by atoms with Gasteiger partial charge in [-0.25, -0.2) is 9.59 Å². The molecule has 0 aliphatic carbocycles. The Morgan fingerprint density at radius 2 is 0.968 bits per heavy atom. The Hall–Kier alpha value is -6.44. The normalized spacial score (nSPS) is 10.5. The standard InChI is InChI=1S/C56H62O7/c1-5-7-9-11-12-14-16-36-60-52-30-23-44(24-31-52)17-19-46-21-28-50-40-48(22-29-49(50)39-46)42-63-54-34-27-47(41-53(54)56(58)62-38-37-61-55(57)43(3)4)20-18-45-25-32-51(33-26-45)59-35-15-13-10-8-6-2/h21-34,39-41H,3,5-16,35-38,42H2,1-2,4H3. The zero-order chi connectivity index (χ0) is 44.5. The largest absolute Gasteiger partial charge is 0.494 e. The topological polar surface area (TPSA) is 80.3 Å². The highest BCUT2D eigenvalue weighted by Gasteiger charge is 2.16. The van der Waals surface area contributed by atoms with Crippen molar-refractivity contribution in [1.29, 1.82) is 0 Å². The molecule has 7 nitrogen and oxygen atoms in total. The van der Waals surface area contributed by atoms with Crippen molar-refractivity contribution in [2.75, 3.05) is 26.4 Å². The van der Waals surface area contributed by atoms with Crippen LogP contribution in [0, 0.1) is 23.7 Å². The molecule has 0 unspecified atom stereocenters. The lowest BCUT2D eigenvalue weighted by molar-refractivity contribution is -0.140. The van der Waals surface area contributed by atoms with Crippen LogP contribution in [0.4, 0.5) is 0 Å². The molecule has 0 bridgehead atoms. The number of ether oxygens (including phenoxy) is 5. The third-order valence-electron chi connectivity index (χ3n) is 10.3. The van der Waals surface area contributed by atoms with E-state index in [9.17, 15) is 9.59 Å². The number of hydrogen-bond acceptors (Lipinski definition) is 7. The van der Waals surface area contributed by atoms with E-state index < -0.39 is 11.9 Å². The van der Waals surface area contributed by atoms with Crippen molar-refractivity contribution in [3.8, 4) is 40.9 Å². The van der Waals surface area contributed by atoms with Crippen LogP contribution in [0.1, 0.15) is 136 Å². The monoisotopic (exact) mass is 846 g/mol. The SMILES string of the molecule is C=C(C)C(=O)OCCOC(=O)c1cc(C#Cc2ccc(OCCCCCCC)cc2)ccc1OCc1ccc2cc(C#Cc3ccc(OCCCCCCCCC)cc3)ccc2c1. The van der Waals surface area contributed by atoms with Crippen molar-refractivity contribution >= 4 is 22.7 Å². The number of fused-ring (bicyclic) bond motifs is 1. The first-order valence-corrected chi connectivity index (χ1v) is 22.6. The van der Waals surface area contributed by atoms with E-state index in [-0.39, 0.29) is 31.0 Å². The Kier molecular flexibility index (Phi) is 20.3. The number of carbonyl (C=O) groups excluding carboxylic acids is 2. The summed E-state index contributed by atoms with van der Waals surface area (Å²) >= 11 is 0. The van der Waals surface area contributed by atoms with Gasteiger partial charge >= 0.3 is 11.9 Å². The van der Waals surface area contributed by atoms with Crippen LogP contribution in [-0.4, -0.2) is 38.4 Å². The van der Waals surface area contributed by atoms with E-state index in [2.05, 4.69) is 62.3 Å². The fourth-order valence-electron chi connectivity index (χ4n) is 6.69. The number of carbonyl (C=O) groups is 2. The van der Waals surface area contributed by atoms with Gasteiger partial charge in [-0.1, -0.05) is 127 Å². The molecule has 0 spiro atoms. The Morgan fingerprint density at radius 1 is 0.492 bits per heavy atom. The Balaban J connectivity index is 1.19. The summed E-state index contributed by atoms with van der Waals surface area (Å²) in [5.41, 5.74) is 4.68. The molecule has 0 radical (unpaired) electrons. The van der Waals surface area contributed by atoms with E-state index in [1.54, 1.807) is 19.1 Å². The number of benzene rings is 5. The van der Waals surface area contributed by atoms with Gasteiger partial charge in [0.1, 0.15) is 42.6 Å². The third-order valence-corrected chi connectivity index (χ3v) is 10.3. The van der Waals surface area contributed by atoms with E-state index in [4.69, 9.17) is 23.7 Å². The van der Waals surface area contributed by atoms with Crippen molar-refractivity contribution in [2.45, 2.75) is 104 Å².